The molecule has 2 nitrogen and oxygen atoms in total. The molecule has 0 radical (unpaired) electrons. The van der Waals surface area contributed by atoms with E-state index in [0.717, 1.165) is 36.8 Å². The van der Waals surface area contributed by atoms with Crippen molar-refractivity contribution in [2.75, 3.05) is 0 Å². The lowest BCUT2D eigenvalue weighted by molar-refractivity contribution is 0.112. The highest BCUT2D eigenvalue weighted by atomic mass is 35.5. The summed E-state index contributed by atoms with van der Waals surface area (Å²) in [4.78, 5) is 15.8. The van der Waals surface area contributed by atoms with E-state index >= 15 is 0 Å². The van der Waals surface area contributed by atoms with Gasteiger partial charge in [0.15, 0.2) is 0 Å². The molecule has 3 heteroatoms. The van der Waals surface area contributed by atoms with Crippen LogP contribution in [0.25, 0.3) is 0 Å². The number of carbonyl (C=O) groups excluding carboxylic acids is 1. The third kappa shape index (κ3) is 2.28. The fourth-order valence-electron chi connectivity index (χ4n) is 2.87. The van der Waals surface area contributed by atoms with E-state index in [0.29, 0.717) is 10.6 Å². The van der Waals surface area contributed by atoms with Gasteiger partial charge in [-0.15, -0.1) is 0 Å². The van der Waals surface area contributed by atoms with Crippen LogP contribution in [-0.4, -0.2) is 11.3 Å². The first kappa shape index (κ1) is 12.4. The highest BCUT2D eigenvalue weighted by Crippen LogP contribution is 2.37. The summed E-state index contributed by atoms with van der Waals surface area (Å²) in [5.74, 6) is 0.184. The summed E-state index contributed by atoms with van der Waals surface area (Å²) < 4.78 is 0. The minimum absolute atomic E-state index is 0.184. The van der Waals surface area contributed by atoms with E-state index in [9.17, 15) is 4.79 Å². The van der Waals surface area contributed by atoms with Crippen LogP contribution >= 0.6 is 11.6 Å². The number of nitrogens with zero attached hydrogens (tertiary/aromatic N) is 1. The lowest BCUT2D eigenvalue weighted by Crippen LogP contribution is -2.14. The molecule has 1 heterocycles. The molecule has 1 aliphatic carbocycles. The average Bonchev–Trinajstić information content (AvgIpc) is 2.46. The number of aromatic nitrogens is 1. The van der Waals surface area contributed by atoms with Crippen molar-refractivity contribution >= 4 is 17.9 Å². The highest BCUT2D eigenvalue weighted by molar-refractivity contribution is 6.30. The monoisotopic (exact) mass is 271 g/mol. The molecule has 2 aromatic rings. The van der Waals surface area contributed by atoms with Gasteiger partial charge in [-0.2, -0.15) is 0 Å². The molecule has 0 spiro atoms. The van der Waals surface area contributed by atoms with E-state index in [4.69, 9.17) is 11.6 Å². The Morgan fingerprint density at radius 3 is 3.05 bits per heavy atom. The molecular formula is C16H14ClNO. The molecular weight excluding hydrogens is 258 g/mol. The van der Waals surface area contributed by atoms with E-state index in [1.54, 1.807) is 12.1 Å². The van der Waals surface area contributed by atoms with Gasteiger partial charge >= 0.3 is 0 Å². The smallest absolute Gasteiger partial charge is 0.150 e. The Kier molecular flexibility index (Phi) is 3.34. The van der Waals surface area contributed by atoms with Gasteiger partial charge in [0.1, 0.15) is 6.29 Å². The number of rotatable bonds is 2. The topological polar surface area (TPSA) is 30.0 Å². The van der Waals surface area contributed by atoms with Crippen molar-refractivity contribution in [1.29, 1.82) is 0 Å². The number of halogens is 1. The summed E-state index contributed by atoms with van der Waals surface area (Å²) in [6, 6.07) is 9.55. The zero-order valence-electron chi connectivity index (χ0n) is 10.5. The molecule has 1 aliphatic rings. The summed E-state index contributed by atoms with van der Waals surface area (Å²) in [5.41, 5.74) is 4.10. The SMILES string of the molecule is O=Cc1ccc(Cl)cc1C1CCCc2cccnc21. The van der Waals surface area contributed by atoms with Gasteiger partial charge < -0.3 is 0 Å². The van der Waals surface area contributed by atoms with Crippen LogP contribution in [0.5, 0.6) is 0 Å². The molecule has 96 valence electrons. The van der Waals surface area contributed by atoms with Crippen LogP contribution in [0.15, 0.2) is 36.5 Å². The van der Waals surface area contributed by atoms with E-state index in [-0.39, 0.29) is 5.92 Å². The third-order valence-corrected chi connectivity index (χ3v) is 3.98. The molecule has 1 unspecified atom stereocenters. The summed E-state index contributed by atoms with van der Waals surface area (Å²) in [7, 11) is 0. The van der Waals surface area contributed by atoms with Crippen molar-refractivity contribution in [2.24, 2.45) is 0 Å². The van der Waals surface area contributed by atoms with Gasteiger partial charge in [0, 0.05) is 22.7 Å². The Balaban J connectivity index is 2.13. The van der Waals surface area contributed by atoms with Crippen molar-refractivity contribution in [3.63, 3.8) is 0 Å². The van der Waals surface area contributed by atoms with E-state index in [1.807, 2.05) is 18.3 Å². The molecule has 1 atom stereocenters. The maximum Gasteiger partial charge on any atom is 0.150 e. The van der Waals surface area contributed by atoms with Crippen molar-refractivity contribution in [3.8, 4) is 0 Å². The van der Waals surface area contributed by atoms with Crippen LogP contribution in [0.4, 0.5) is 0 Å². The minimum Gasteiger partial charge on any atom is -0.298 e. The van der Waals surface area contributed by atoms with Gasteiger partial charge in [-0.25, -0.2) is 0 Å². The fourth-order valence-corrected chi connectivity index (χ4v) is 3.05. The Bertz CT molecular complexity index is 624. The number of hydrogen-bond donors (Lipinski definition) is 0. The molecule has 0 bridgehead atoms. The number of fused-ring (bicyclic) bond motifs is 1. The fraction of sp³-hybridized carbons (Fsp3) is 0.250. The number of carbonyl (C=O) groups is 1. The molecule has 1 aromatic heterocycles. The first-order valence-electron chi connectivity index (χ1n) is 6.48. The third-order valence-electron chi connectivity index (χ3n) is 3.75. The van der Waals surface area contributed by atoms with Gasteiger partial charge in [0.05, 0.1) is 5.69 Å². The first-order valence-corrected chi connectivity index (χ1v) is 6.86. The zero-order valence-corrected chi connectivity index (χ0v) is 11.2. The normalized spacial score (nSPS) is 17.8. The molecule has 0 aliphatic heterocycles. The van der Waals surface area contributed by atoms with Gasteiger partial charge in [0.25, 0.3) is 0 Å². The molecule has 0 fully saturated rings. The van der Waals surface area contributed by atoms with E-state index < -0.39 is 0 Å². The Morgan fingerprint density at radius 1 is 1.32 bits per heavy atom. The van der Waals surface area contributed by atoms with E-state index in [2.05, 4.69) is 11.1 Å². The van der Waals surface area contributed by atoms with Gasteiger partial charge in [0.2, 0.25) is 0 Å². The lowest BCUT2D eigenvalue weighted by Gasteiger charge is -2.25. The predicted octanol–water partition coefficient (Wildman–Crippen LogP) is 4.02. The molecule has 1 aromatic carbocycles. The Labute approximate surface area is 117 Å². The second-order valence-corrected chi connectivity index (χ2v) is 5.32. The van der Waals surface area contributed by atoms with Crippen LogP contribution in [0.1, 0.15) is 45.9 Å². The average molecular weight is 272 g/mol. The summed E-state index contributed by atoms with van der Waals surface area (Å²) in [6.45, 7) is 0. The zero-order chi connectivity index (χ0) is 13.2. The van der Waals surface area contributed by atoms with Crippen molar-refractivity contribution in [2.45, 2.75) is 25.2 Å². The number of benzene rings is 1. The lowest BCUT2D eigenvalue weighted by atomic mass is 9.80. The van der Waals surface area contributed by atoms with E-state index in [1.165, 1.54) is 5.56 Å². The summed E-state index contributed by atoms with van der Waals surface area (Å²) in [5, 5.41) is 0.670. The van der Waals surface area contributed by atoms with Crippen LogP contribution in [0.2, 0.25) is 5.02 Å². The number of aldehydes is 1. The van der Waals surface area contributed by atoms with Gasteiger partial charge in [-0.3, -0.25) is 9.78 Å². The predicted molar refractivity (Wildman–Crippen MR) is 75.9 cm³/mol. The maximum absolute atomic E-state index is 11.2. The second-order valence-electron chi connectivity index (χ2n) is 4.88. The molecule has 0 saturated carbocycles. The van der Waals surface area contributed by atoms with Crippen LogP contribution in [-0.2, 0) is 6.42 Å². The van der Waals surface area contributed by atoms with Crippen molar-refractivity contribution in [1.82, 2.24) is 4.98 Å². The molecule has 0 amide bonds. The molecule has 0 N–H and O–H groups in total. The second kappa shape index (κ2) is 5.14. The Hall–Kier alpha value is -1.67. The highest BCUT2D eigenvalue weighted by Gasteiger charge is 2.24. The van der Waals surface area contributed by atoms with Gasteiger partial charge in [-0.1, -0.05) is 17.7 Å². The van der Waals surface area contributed by atoms with Crippen molar-refractivity contribution < 1.29 is 4.79 Å². The summed E-state index contributed by atoms with van der Waals surface area (Å²) >= 11 is 6.08. The molecule has 0 saturated heterocycles. The van der Waals surface area contributed by atoms with Crippen LogP contribution < -0.4 is 0 Å². The number of aryl methyl sites for hydroxylation is 1. The number of pyridine rings is 1. The van der Waals surface area contributed by atoms with Crippen LogP contribution in [0, 0.1) is 0 Å². The molecule has 3 rings (SSSR count). The largest absolute Gasteiger partial charge is 0.298 e. The van der Waals surface area contributed by atoms with Crippen LogP contribution in [0.3, 0.4) is 0 Å². The first-order chi connectivity index (χ1) is 9.29. The Morgan fingerprint density at radius 2 is 2.21 bits per heavy atom. The van der Waals surface area contributed by atoms with Crippen molar-refractivity contribution in [3.05, 3.63) is 63.9 Å². The molecule has 19 heavy (non-hydrogen) atoms. The quantitative estimate of drug-likeness (QED) is 0.773. The summed E-state index contributed by atoms with van der Waals surface area (Å²) in [6.07, 6.45) is 5.93. The van der Waals surface area contributed by atoms with Gasteiger partial charge in [-0.05, 0) is 54.7 Å². The maximum atomic E-state index is 11.2. The number of hydrogen-bond acceptors (Lipinski definition) is 2. The minimum atomic E-state index is 0.184. The standard InChI is InChI=1S/C16H14ClNO/c17-13-7-6-12(10-19)15(9-13)14-5-1-3-11-4-2-8-18-16(11)14/h2,4,6-10,14H,1,3,5H2.